The molecule has 9 rings (SSSR count). The Morgan fingerprint density at radius 1 is 0.509 bits per heavy atom. The monoisotopic (exact) mass is 707 g/mol. The van der Waals surface area contributed by atoms with Crippen LogP contribution in [0.1, 0.15) is 19.4 Å². The van der Waals surface area contributed by atoms with Crippen LogP contribution >= 0.6 is 0 Å². The van der Waals surface area contributed by atoms with Gasteiger partial charge >= 0.3 is 0 Å². The number of nitrogens with one attached hydrogen (secondary N) is 1. The molecule has 3 nitrogen and oxygen atoms in total. The summed E-state index contributed by atoms with van der Waals surface area (Å²) >= 11 is 0. The van der Waals surface area contributed by atoms with Crippen LogP contribution in [0.5, 0.6) is 0 Å². The molecule has 0 unspecified atom stereocenters. The number of anilines is 5. The van der Waals surface area contributed by atoms with Gasteiger partial charge in [-0.2, -0.15) is 0 Å². The third-order valence-electron chi connectivity index (χ3n) is 10.4. The van der Waals surface area contributed by atoms with Gasteiger partial charge in [-0.05, 0) is 132 Å². The van der Waals surface area contributed by atoms with Crippen molar-refractivity contribution in [1.29, 1.82) is 0 Å². The van der Waals surface area contributed by atoms with Gasteiger partial charge in [0.05, 0.1) is 11.0 Å². The first kappa shape index (κ1) is 33.7. The fraction of sp³-hybridized carbons (Fsp3) is 0.0385. The van der Waals surface area contributed by atoms with Gasteiger partial charge in [-0.15, -0.1) is 0 Å². The molecule has 0 saturated heterocycles. The number of hydrogen-bond acceptors (Lipinski definition) is 2. The summed E-state index contributed by atoms with van der Waals surface area (Å²) in [7, 11) is 0. The molecule has 0 spiro atoms. The second-order valence-corrected chi connectivity index (χ2v) is 13.8. The number of allylic oxidation sites excluding steroid dienone is 4. The Bertz CT molecular complexity index is 2810. The molecule has 264 valence electrons. The maximum absolute atomic E-state index is 3.49. The first-order valence-electron chi connectivity index (χ1n) is 18.9. The minimum Gasteiger partial charge on any atom is -0.356 e. The summed E-state index contributed by atoms with van der Waals surface area (Å²) in [4.78, 5) is 2.36. The molecule has 1 heterocycles. The number of hydrogen-bond donors (Lipinski definition) is 1. The topological polar surface area (TPSA) is 20.2 Å². The molecule has 0 saturated carbocycles. The largest absolute Gasteiger partial charge is 0.356 e. The van der Waals surface area contributed by atoms with Crippen molar-refractivity contribution in [3.05, 3.63) is 212 Å². The van der Waals surface area contributed by atoms with Crippen molar-refractivity contribution in [2.24, 2.45) is 0 Å². The van der Waals surface area contributed by atoms with Gasteiger partial charge in [0.2, 0.25) is 0 Å². The lowest BCUT2D eigenvalue weighted by Gasteiger charge is -2.26. The van der Waals surface area contributed by atoms with E-state index in [9.17, 15) is 0 Å². The Kier molecular flexibility index (Phi) is 9.03. The van der Waals surface area contributed by atoms with Crippen LogP contribution in [0.2, 0.25) is 0 Å². The number of rotatable bonds is 9. The van der Waals surface area contributed by atoms with E-state index in [0.717, 1.165) is 34.1 Å². The summed E-state index contributed by atoms with van der Waals surface area (Å²) in [6.07, 6.45) is 6.42. The maximum atomic E-state index is 3.49. The molecule has 0 atom stereocenters. The molecule has 9 aromatic rings. The summed E-state index contributed by atoms with van der Waals surface area (Å²) in [6.45, 7) is 4.16. The van der Waals surface area contributed by atoms with E-state index in [0.29, 0.717) is 0 Å². The van der Waals surface area contributed by atoms with Gasteiger partial charge in [0, 0.05) is 44.9 Å². The zero-order valence-electron chi connectivity index (χ0n) is 31.0. The number of nitrogens with zero attached hydrogens (tertiary/aromatic N) is 2. The van der Waals surface area contributed by atoms with Gasteiger partial charge in [0.1, 0.15) is 0 Å². The molecule has 3 heteroatoms. The lowest BCUT2D eigenvalue weighted by molar-refractivity contribution is 1.18. The van der Waals surface area contributed by atoms with E-state index in [1.54, 1.807) is 0 Å². The summed E-state index contributed by atoms with van der Waals surface area (Å²) in [5, 5.41) is 8.45. The van der Waals surface area contributed by atoms with Gasteiger partial charge in [0.15, 0.2) is 0 Å². The fourth-order valence-corrected chi connectivity index (χ4v) is 7.80. The molecule has 1 N–H and O–H groups in total. The summed E-state index contributed by atoms with van der Waals surface area (Å²) in [6, 6.07) is 67.6. The Morgan fingerprint density at radius 2 is 1.11 bits per heavy atom. The van der Waals surface area contributed by atoms with Crippen LogP contribution in [0.4, 0.5) is 28.4 Å². The highest BCUT2D eigenvalue weighted by Crippen LogP contribution is 2.42. The number of benzene rings is 8. The van der Waals surface area contributed by atoms with Crippen LogP contribution in [0.25, 0.3) is 55.0 Å². The smallest absolute Gasteiger partial charge is 0.0547 e. The van der Waals surface area contributed by atoms with Crippen molar-refractivity contribution >= 4 is 66.6 Å². The summed E-state index contributed by atoms with van der Waals surface area (Å²) in [5.74, 6) is 0. The van der Waals surface area contributed by atoms with Crippen molar-refractivity contribution in [3.8, 4) is 16.8 Å². The van der Waals surface area contributed by atoms with Gasteiger partial charge in [-0.25, -0.2) is 0 Å². The van der Waals surface area contributed by atoms with Crippen molar-refractivity contribution in [2.45, 2.75) is 13.8 Å². The van der Waals surface area contributed by atoms with Crippen LogP contribution in [0.3, 0.4) is 0 Å². The maximum Gasteiger partial charge on any atom is 0.0547 e. The molecule has 0 amide bonds. The van der Waals surface area contributed by atoms with E-state index < -0.39 is 0 Å². The Hall–Kier alpha value is -7.10. The molecule has 0 aliphatic heterocycles. The molecule has 0 fully saturated rings. The number of para-hydroxylation sites is 2. The summed E-state index contributed by atoms with van der Waals surface area (Å²) < 4.78 is 2.41. The average Bonchev–Trinajstić information content (AvgIpc) is 3.58. The van der Waals surface area contributed by atoms with E-state index in [1.807, 2.05) is 18.2 Å². The Balaban J connectivity index is 1.14. The minimum atomic E-state index is 1.07. The highest BCUT2D eigenvalue weighted by atomic mass is 15.1. The van der Waals surface area contributed by atoms with Gasteiger partial charge in [-0.3, -0.25) is 0 Å². The number of fused-ring (bicyclic) bond motifs is 5. The molecule has 8 aromatic carbocycles. The van der Waals surface area contributed by atoms with Gasteiger partial charge < -0.3 is 14.8 Å². The Labute approximate surface area is 322 Å². The highest BCUT2D eigenvalue weighted by molar-refractivity contribution is 6.22. The van der Waals surface area contributed by atoms with E-state index in [4.69, 9.17) is 0 Å². The molecular weight excluding hydrogens is 667 g/mol. The second-order valence-electron chi connectivity index (χ2n) is 13.8. The molecule has 0 aliphatic rings. The van der Waals surface area contributed by atoms with E-state index >= 15 is 0 Å². The first-order chi connectivity index (χ1) is 27.2. The van der Waals surface area contributed by atoms with Crippen LogP contribution in [0.15, 0.2) is 206 Å². The van der Waals surface area contributed by atoms with Crippen molar-refractivity contribution in [2.75, 3.05) is 10.2 Å². The quantitative estimate of drug-likeness (QED) is 0.151. The van der Waals surface area contributed by atoms with Crippen molar-refractivity contribution in [1.82, 2.24) is 4.57 Å². The standard InChI is InChI=1S/C52H41N3/c1-3-13-37(4-2)38-22-31-46(32-23-38)55-50-35-33-47(36-49(50)52-48-19-12-11-14-41(48)26-34-51(52)55)54(44-17-9-6-10-18-44)45-29-24-40(25-30-45)39-20-27-43(28-21-39)53-42-15-7-5-8-16-42/h3-36,53H,1-2H3/b13-3-,37-4+. The zero-order chi connectivity index (χ0) is 37.1. The molecule has 0 bridgehead atoms. The third kappa shape index (κ3) is 6.47. The predicted octanol–water partition coefficient (Wildman–Crippen LogP) is 14.8. The normalized spacial score (nSPS) is 11.9. The third-order valence-corrected chi connectivity index (χ3v) is 10.4. The molecule has 0 aliphatic carbocycles. The number of aromatic nitrogens is 1. The molecule has 55 heavy (non-hydrogen) atoms. The Morgan fingerprint density at radius 3 is 1.82 bits per heavy atom. The lowest BCUT2D eigenvalue weighted by atomic mass is 10.0. The predicted molar refractivity (Wildman–Crippen MR) is 237 cm³/mol. The minimum absolute atomic E-state index is 1.07. The SMILES string of the molecule is C/C=C\C(=C/C)c1ccc(-n2c3ccc(N(c4ccccc4)c4ccc(-c5ccc(Nc6ccccc6)cc5)cc4)cc3c3c4ccccc4ccc32)cc1. The van der Waals surface area contributed by atoms with E-state index in [2.05, 4.69) is 217 Å². The summed E-state index contributed by atoms with van der Waals surface area (Å²) in [5.41, 5.74) is 13.7. The van der Waals surface area contributed by atoms with Crippen LogP contribution in [0, 0.1) is 0 Å². The van der Waals surface area contributed by atoms with Crippen LogP contribution in [-0.4, -0.2) is 4.57 Å². The zero-order valence-corrected chi connectivity index (χ0v) is 31.0. The van der Waals surface area contributed by atoms with Crippen molar-refractivity contribution < 1.29 is 0 Å². The highest BCUT2D eigenvalue weighted by Gasteiger charge is 2.19. The average molecular weight is 708 g/mol. The molecular formula is C52H41N3. The van der Waals surface area contributed by atoms with Crippen LogP contribution < -0.4 is 10.2 Å². The van der Waals surface area contributed by atoms with Gasteiger partial charge in [0.25, 0.3) is 0 Å². The fourth-order valence-electron chi connectivity index (χ4n) is 7.80. The second kappa shape index (κ2) is 14.7. The molecule has 1 aromatic heterocycles. The van der Waals surface area contributed by atoms with Gasteiger partial charge in [-0.1, -0.05) is 121 Å². The van der Waals surface area contributed by atoms with Crippen LogP contribution in [-0.2, 0) is 0 Å². The lowest BCUT2D eigenvalue weighted by Crippen LogP contribution is -2.09. The molecule has 0 radical (unpaired) electrons. The first-order valence-corrected chi connectivity index (χ1v) is 18.9. The van der Waals surface area contributed by atoms with Crippen molar-refractivity contribution in [3.63, 3.8) is 0 Å². The van der Waals surface area contributed by atoms with E-state index in [1.165, 1.54) is 54.8 Å². The van der Waals surface area contributed by atoms with E-state index in [-0.39, 0.29) is 0 Å².